The summed E-state index contributed by atoms with van der Waals surface area (Å²) in [5.41, 5.74) is 1.52. The van der Waals surface area contributed by atoms with Crippen LogP contribution in [0.4, 0.5) is 5.69 Å². The van der Waals surface area contributed by atoms with E-state index in [1.165, 1.54) is 6.08 Å². The molecule has 2 aromatic carbocycles. The predicted octanol–water partition coefficient (Wildman–Crippen LogP) is 3.88. The Hall–Kier alpha value is -2.37. The van der Waals surface area contributed by atoms with Crippen molar-refractivity contribution in [3.63, 3.8) is 0 Å². The highest BCUT2D eigenvalue weighted by Crippen LogP contribution is 2.20. The number of methoxy groups -OCH3 is 1. The molecular formula is C17H15ClN2O2S. The zero-order valence-corrected chi connectivity index (χ0v) is 13.9. The number of amides is 1. The second-order valence-electron chi connectivity index (χ2n) is 4.53. The molecule has 0 unspecified atom stereocenters. The molecule has 0 aliphatic carbocycles. The maximum Gasteiger partial charge on any atom is 0.250 e. The Kier molecular flexibility index (Phi) is 6.14. The van der Waals surface area contributed by atoms with Crippen molar-refractivity contribution in [2.75, 3.05) is 12.4 Å². The molecule has 0 heterocycles. The normalized spacial score (nSPS) is 10.3. The van der Waals surface area contributed by atoms with E-state index in [1.807, 2.05) is 36.4 Å². The first-order valence-electron chi connectivity index (χ1n) is 6.77. The molecule has 118 valence electrons. The van der Waals surface area contributed by atoms with E-state index in [0.29, 0.717) is 10.7 Å². The first-order chi connectivity index (χ1) is 11.1. The van der Waals surface area contributed by atoms with Gasteiger partial charge in [-0.3, -0.25) is 10.1 Å². The van der Waals surface area contributed by atoms with E-state index in [4.69, 9.17) is 28.6 Å². The Labute approximate surface area is 145 Å². The van der Waals surface area contributed by atoms with Gasteiger partial charge in [0.1, 0.15) is 5.75 Å². The largest absolute Gasteiger partial charge is 0.497 e. The third kappa shape index (κ3) is 5.39. The predicted molar refractivity (Wildman–Crippen MR) is 97.8 cm³/mol. The van der Waals surface area contributed by atoms with Gasteiger partial charge < -0.3 is 10.1 Å². The number of carbonyl (C=O) groups excluding carboxylic acids is 1. The molecule has 2 N–H and O–H groups in total. The zero-order chi connectivity index (χ0) is 16.7. The van der Waals surface area contributed by atoms with Gasteiger partial charge >= 0.3 is 0 Å². The van der Waals surface area contributed by atoms with Crippen LogP contribution in [0.25, 0.3) is 6.08 Å². The fourth-order valence-electron chi connectivity index (χ4n) is 1.76. The molecule has 0 fully saturated rings. The van der Waals surface area contributed by atoms with Gasteiger partial charge in [-0.15, -0.1) is 0 Å². The minimum absolute atomic E-state index is 0.183. The Morgan fingerprint density at radius 3 is 2.52 bits per heavy atom. The lowest BCUT2D eigenvalue weighted by Crippen LogP contribution is -2.32. The van der Waals surface area contributed by atoms with Crippen LogP contribution in [0.1, 0.15) is 5.56 Å². The number of para-hydroxylation sites is 1. The third-order valence-electron chi connectivity index (χ3n) is 2.90. The fraction of sp³-hybridized carbons (Fsp3) is 0.0588. The highest BCUT2D eigenvalue weighted by molar-refractivity contribution is 7.80. The second-order valence-corrected chi connectivity index (χ2v) is 5.35. The molecule has 0 atom stereocenters. The van der Waals surface area contributed by atoms with Crippen LogP contribution < -0.4 is 15.4 Å². The number of benzene rings is 2. The van der Waals surface area contributed by atoms with Crippen molar-refractivity contribution in [2.45, 2.75) is 0 Å². The van der Waals surface area contributed by atoms with Crippen LogP contribution in [-0.2, 0) is 4.79 Å². The quantitative estimate of drug-likeness (QED) is 0.651. The van der Waals surface area contributed by atoms with Crippen molar-refractivity contribution in [1.82, 2.24) is 5.32 Å². The van der Waals surface area contributed by atoms with Crippen LogP contribution in [0.2, 0.25) is 5.02 Å². The zero-order valence-electron chi connectivity index (χ0n) is 12.4. The average Bonchev–Trinajstić information content (AvgIpc) is 2.55. The van der Waals surface area contributed by atoms with Gasteiger partial charge in [0.25, 0.3) is 0 Å². The minimum Gasteiger partial charge on any atom is -0.497 e. The van der Waals surface area contributed by atoms with Gasteiger partial charge in [-0.25, -0.2) is 0 Å². The van der Waals surface area contributed by atoms with Crippen molar-refractivity contribution in [3.05, 3.63) is 65.2 Å². The Balaban J connectivity index is 1.89. The first-order valence-corrected chi connectivity index (χ1v) is 7.56. The molecular weight excluding hydrogens is 332 g/mol. The van der Waals surface area contributed by atoms with Gasteiger partial charge in [-0.2, -0.15) is 0 Å². The van der Waals surface area contributed by atoms with E-state index >= 15 is 0 Å². The number of halogens is 1. The number of hydrogen-bond donors (Lipinski definition) is 2. The molecule has 1 amide bonds. The number of anilines is 1. The van der Waals surface area contributed by atoms with Gasteiger partial charge in [-0.05, 0) is 48.1 Å². The number of ether oxygens (including phenoxy) is 1. The topological polar surface area (TPSA) is 50.4 Å². The Morgan fingerprint density at radius 2 is 1.87 bits per heavy atom. The van der Waals surface area contributed by atoms with Crippen molar-refractivity contribution >= 4 is 46.6 Å². The molecule has 0 radical (unpaired) electrons. The van der Waals surface area contributed by atoms with E-state index in [1.54, 1.807) is 25.3 Å². The number of thiocarbonyl (C=S) groups is 1. The lowest BCUT2D eigenvalue weighted by atomic mass is 10.2. The van der Waals surface area contributed by atoms with Gasteiger partial charge in [0, 0.05) is 6.08 Å². The minimum atomic E-state index is -0.328. The first kappa shape index (κ1) is 17.0. The molecule has 0 saturated heterocycles. The standard InChI is InChI=1S/C17H15ClN2O2S/c1-22-13-9-6-12(7-10-13)8-11-16(21)20-17(23)19-15-5-3-2-4-14(15)18/h2-11H,1H3,(H2,19,20,21,23)/b11-8+. The SMILES string of the molecule is COc1ccc(/C=C/C(=O)NC(=S)Nc2ccccc2Cl)cc1. The molecule has 2 aromatic rings. The molecule has 2 rings (SSSR count). The maximum atomic E-state index is 11.8. The van der Waals surface area contributed by atoms with Crippen LogP contribution in [0, 0.1) is 0 Å². The molecule has 0 aliphatic rings. The lowest BCUT2D eigenvalue weighted by Gasteiger charge is -2.09. The average molecular weight is 347 g/mol. The van der Waals surface area contributed by atoms with Crippen LogP contribution in [-0.4, -0.2) is 18.1 Å². The van der Waals surface area contributed by atoms with Crippen LogP contribution in [0.3, 0.4) is 0 Å². The van der Waals surface area contributed by atoms with Gasteiger partial charge in [0.15, 0.2) is 5.11 Å². The molecule has 4 nitrogen and oxygen atoms in total. The Morgan fingerprint density at radius 1 is 1.17 bits per heavy atom. The van der Waals surface area contributed by atoms with Gasteiger partial charge in [0.05, 0.1) is 17.8 Å². The summed E-state index contributed by atoms with van der Waals surface area (Å²) in [6, 6.07) is 14.5. The molecule has 6 heteroatoms. The molecule has 23 heavy (non-hydrogen) atoms. The molecule has 0 aromatic heterocycles. The Bertz CT molecular complexity index is 730. The smallest absolute Gasteiger partial charge is 0.250 e. The highest BCUT2D eigenvalue weighted by Gasteiger charge is 2.04. The van der Waals surface area contributed by atoms with E-state index in [-0.39, 0.29) is 11.0 Å². The van der Waals surface area contributed by atoms with Crippen LogP contribution in [0.5, 0.6) is 5.75 Å². The maximum absolute atomic E-state index is 11.8. The van der Waals surface area contributed by atoms with Crippen LogP contribution in [0.15, 0.2) is 54.6 Å². The van der Waals surface area contributed by atoms with E-state index in [2.05, 4.69) is 10.6 Å². The summed E-state index contributed by atoms with van der Waals surface area (Å²) >= 11 is 11.1. The van der Waals surface area contributed by atoms with E-state index in [0.717, 1.165) is 11.3 Å². The van der Waals surface area contributed by atoms with Gasteiger partial charge in [-0.1, -0.05) is 35.9 Å². The summed E-state index contributed by atoms with van der Waals surface area (Å²) in [7, 11) is 1.60. The fourth-order valence-corrected chi connectivity index (χ4v) is 2.15. The highest BCUT2D eigenvalue weighted by atomic mass is 35.5. The summed E-state index contributed by atoms with van der Waals surface area (Å²) < 4.78 is 5.07. The van der Waals surface area contributed by atoms with Gasteiger partial charge in [0.2, 0.25) is 5.91 Å². The summed E-state index contributed by atoms with van der Waals surface area (Å²) in [6.45, 7) is 0. The number of nitrogens with one attached hydrogen (secondary N) is 2. The monoisotopic (exact) mass is 346 g/mol. The third-order valence-corrected chi connectivity index (χ3v) is 3.44. The molecule has 0 spiro atoms. The molecule has 0 aliphatic heterocycles. The number of hydrogen-bond acceptors (Lipinski definition) is 3. The summed E-state index contributed by atoms with van der Waals surface area (Å²) in [5, 5.41) is 6.14. The van der Waals surface area contributed by atoms with Crippen molar-refractivity contribution in [3.8, 4) is 5.75 Å². The van der Waals surface area contributed by atoms with Crippen molar-refractivity contribution in [2.24, 2.45) is 0 Å². The summed E-state index contributed by atoms with van der Waals surface area (Å²) in [4.78, 5) is 11.8. The van der Waals surface area contributed by atoms with Crippen molar-refractivity contribution < 1.29 is 9.53 Å². The second kappa shape index (κ2) is 8.31. The summed E-state index contributed by atoms with van der Waals surface area (Å²) in [6.07, 6.45) is 3.09. The number of carbonyl (C=O) groups is 1. The molecule has 0 bridgehead atoms. The number of rotatable bonds is 4. The van der Waals surface area contributed by atoms with Crippen LogP contribution >= 0.6 is 23.8 Å². The summed E-state index contributed by atoms with van der Waals surface area (Å²) in [5.74, 6) is 0.432. The van der Waals surface area contributed by atoms with E-state index in [9.17, 15) is 4.79 Å². The van der Waals surface area contributed by atoms with E-state index < -0.39 is 0 Å². The molecule has 0 saturated carbocycles. The lowest BCUT2D eigenvalue weighted by molar-refractivity contribution is -0.115. The van der Waals surface area contributed by atoms with Crippen molar-refractivity contribution in [1.29, 1.82) is 0 Å².